The van der Waals surface area contributed by atoms with Gasteiger partial charge in [0.15, 0.2) is 5.65 Å². The van der Waals surface area contributed by atoms with Crippen molar-refractivity contribution >= 4 is 33.5 Å². The van der Waals surface area contributed by atoms with Gasteiger partial charge in [-0.3, -0.25) is 0 Å². The van der Waals surface area contributed by atoms with E-state index in [0.717, 1.165) is 35.6 Å². The van der Waals surface area contributed by atoms with E-state index in [9.17, 15) is 4.79 Å². The van der Waals surface area contributed by atoms with Gasteiger partial charge in [0.05, 0.1) is 6.20 Å². The summed E-state index contributed by atoms with van der Waals surface area (Å²) in [6.45, 7) is 7.87. The van der Waals surface area contributed by atoms with E-state index < -0.39 is 5.60 Å². The van der Waals surface area contributed by atoms with Crippen LogP contribution in [0.3, 0.4) is 0 Å². The molecule has 7 nitrogen and oxygen atoms in total. The molecule has 0 radical (unpaired) electrons. The SMILES string of the molecule is CC(C)(C)OC(=O)N1CCC(CNc2ccc3ncc(Br)n3n2)C1. The number of fused-ring (bicyclic) bond motifs is 1. The number of anilines is 1. The van der Waals surface area contributed by atoms with E-state index in [4.69, 9.17) is 4.74 Å². The predicted molar refractivity (Wildman–Crippen MR) is 95.1 cm³/mol. The fourth-order valence-corrected chi connectivity index (χ4v) is 3.04. The van der Waals surface area contributed by atoms with Crippen LogP contribution in [0.2, 0.25) is 0 Å². The number of nitrogens with zero attached hydrogens (tertiary/aromatic N) is 4. The Morgan fingerprint density at radius 2 is 2.25 bits per heavy atom. The van der Waals surface area contributed by atoms with Crippen LogP contribution in [0.1, 0.15) is 27.2 Å². The standard InChI is InChI=1S/C16H22BrN5O2/c1-16(2,3)24-15(23)21-7-6-11(10-21)8-18-13-4-5-14-19-9-12(17)22(14)20-13/h4-5,9,11H,6-8,10H2,1-3H3,(H,18,20). The van der Waals surface area contributed by atoms with Crippen molar-refractivity contribution in [1.29, 1.82) is 0 Å². The first-order valence-corrected chi connectivity index (χ1v) is 8.83. The molecule has 1 saturated heterocycles. The van der Waals surface area contributed by atoms with Crippen molar-refractivity contribution < 1.29 is 9.53 Å². The Labute approximate surface area is 149 Å². The molecule has 0 bridgehead atoms. The summed E-state index contributed by atoms with van der Waals surface area (Å²) in [7, 11) is 0. The summed E-state index contributed by atoms with van der Waals surface area (Å²) >= 11 is 3.42. The van der Waals surface area contributed by atoms with Gasteiger partial charge in [0.25, 0.3) is 0 Å². The summed E-state index contributed by atoms with van der Waals surface area (Å²) in [5.41, 5.74) is 0.342. The molecule has 1 fully saturated rings. The van der Waals surface area contributed by atoms with Crippen LogP contribution in [0, 0.1) is 5.92 Å². The van der Waals surface area contributed by atoms with Crippen LogP contribution in [-0.4, -0.2) is 50.8 Å². The molecule has 1 aliphatic rings. The number of hydrogen-bond donors (Lipinski definition) is 1. The van der Waals surface area contributed by atoms with Crippen LogP contribution in [-0.2, 0) is 4.74 Å². The fraction of sp³-hybridized carbons (Fsp3) is 0.562. The third-order valence-corrected chi connectivity index (χ3v) is 4.37. The molecule has 8 heteroatoms. The number of aromatic nitrogens is 3. The van der Waals surface area contributed by atoms with Crippen molar-refractivity contribution in [1.82, 2.24) is 19.5 Å². The number of carbonyl (C=O) groups is 1. The maximum absolute atomic E-state index is 12.1. The van der Waals surface area contributed by atoms with Crippen molar-refractivity contribution in [3.8, 4) is 0 Å². The number of likely N-dealkylation sites (tertiary alicyclic amines) is 1. The van der Waals surface area contributed by atoms with Crippen molar-refractivity contribution in [3.63, 3.8) is 0 Å². The first kappa shape index (κ1) is 17.0. The molecule has 1 amide bonds. The summed E-state index contributed by atoms with van der Waals surface area (Å²) in [4.78, 5) is 18.1. The third kappa shape index (κ3) is 3.98. The van der Waals surface area contributed by atoms with Gasteiger partial charge in [-0.05, 0) is 61.2 Å². The number of nitrogens with one attached hydrogen (secondary N) is 1. The van der Waals surface area contributed by atoms with Crippen molar-refractivity contribution in [2.75, 3.05) is 25.0 Å². The van der Waals surface area contributed by atoms with E-state index in [-0.39, 0.29) is 6.09 Å². The van der Waals surface area contributed by atoms with Crippen LogP contribution >= 0.6 is 15.9 Å². The summed E-state index contributed by atoms with van der Waals surface area (Å²) in [6, 6.07) is 3.83. The lowest BCUT2D eigenvalue weighted by Crippen LogP contribution is -2.35. The molecule has 0 saturated carbocycles. The summed E-state index contributed by atoms with van der Waals surface area (Å²) < 4.78 is 7.98. The number of hydrogen-bond acceptors (Lipinski definition) is 5. The largest absolute Gasteiger partial charge is 0.444 e. The zero-order valence-electron chi connectivity index (χ0n) is 14.1. The highest BCUT2D eigenvalue weighted by Crippen LogP contribution is 2.20. The highest BCUT2D eigenvalue weighted by atomic mass is 79.9. The Bertz CT molecular complexity index is 740. The van der Waals surface area contributed by atoms with Crippen molar-refractivity contribution in [3.05, 3.63) is 22.9 Å². The van der Waals surface area contributed by atoms with Gasteiger partial charge >= 0.3 is 6.09 Å². The summed E-state index contributed by atoms with van der Waals surface area (Å²) in [6.07, 6.45) is 2.46. The van der Waals surface area contributed by atoms with E-state index in [1.165, 1.54) is 0 Å². The molecule has 0 aliphatic carbocycles. The molecule has 0 spiro atoms. The zero-order valence-corrected chi connectivity index (χ0v) is 15.7. The average molecular weight is 396 g/mol. The fourth-order valence-electron chi connectivity index (χ4n) is 2.68. The van der Waals surface area contributed by atoms with Gasteiger partial charge in [0.1, 0.15) is 16.0 Å². The topological polar surface area (TPSA) is 71.8 Å². The quantitative estimate of drug-likeness (QED) is 0.863. The summed E-state index contributed by atoms with van der Waals surface area (Å²) in [5, 5.41) is 7.83. The Kier molecular flexibility index (Phi) is 4.67. The Balaban J connectivity index is 1.53. The highest BCUT2D eigenvalue weighted by molar-refractivity contribution is 9.10. The number of ether oxygens (including phenoxy) is 1. The number of halogens is 1. The van der Waals surface area contributed by atoms with E-state index in [0.29, 0.717) is 12.5 Å². The maximum Gasteiger partial charge on any atom is 0.410 e. The molecule has 130 valence electrons. The van der Waals surface area contributed by atoms with Crippen LogP contribution in [0.5, 0.6) is 0 Å². The minimum atomic E-state index is -0.453. The normalized spacial score (nSPS) is 18.2. The van der Waals surface area contributed by atoms with Crippen LogP contribution < -0.4 is 5.32 Å². The van der Waals surface area contributed by atoms with Gasteiger partial charge < -0.3 is 15.0 Å². The maximum atomic E-state index is 12.1. The Hall–Kier alpha value is -1.83. The minimum Gasteiger partial charge on any atom is -0.444 e. The van der Waals surface area contributed by atoms with Crippen LogP contribution in [0.25, 0.3) is 5.65 Å². The first-order valence-electron chi connectivity index (χ1n) is 8.04. The second kappa shape index (κ2) is 6.58. The monoisotopic (exact) mass is 395 g/mol. The molecule has 3 rings (SSSR count). The van der Waals surface area contributed by atoms with E-state index >= 15 is 0 Å². The molecule has 2 aromatic heterocycles. The summed E-state index contributed by atoms with van der Waals surface area (Å²) in [5.74, 6) is 1.18. The Morgan fingerprint density at radius 1 is 1.46 bits per heavy atom. The van der Waals surface area contributed by atoms with Gasteiger partial charge in [0.2, 0.25) is 0 Å². The average Bonchev–Trinajstić information content (AvgIpc) is 3.11. The zero-order chi connectivity index (χ0) is 17.3. The lowest BCUT2D eigenvalue weighted by Gasteiger charge is -2.24. The predicted octanol–water partition coefficient (Wildman–Crippen LogP) is 3.16. The van der Waals surface area contributed by atoms with Gasteiger partial charge in [-0.25, -0.2) is 14.3 Å². The molecule has 1 atom stereocenters. The number of amides is 1. The van der Waals surface area contributed by atoms with Crippen LogP contribution in [0.15, 0.2) is 22.9 Å². The molecule has 0 aromatic carbocycles. The molecule has 3 heterocycles. The molecule has 1 N–H and O–H groups in total. The lowest BCUT2D eigenvalue weighted by atomic mass is 10.1. The lowest BCUT2D eigenvalue weighted by molar-refractivity contribution is 0.0289. The second-order valence-corrected chi connectivity index (χ2v) is 7.84. The van der Waals surface area contributed by atoms with Crippen molar-refractivity contribution in [2.24, 2.45) is 5.92 Å². The molecular formula is C16H22BrN5O2. The van der Waals surface area contributed by atoms with Crippen molar-refractivity contribution in [2.45, 2.75) is 32.8 Å². The van der Waals surface area contributed by atoms with Gasteiger partial charge in [0, 0.05) is 19.6 Å². The second-order valence-electron chi connectivity index (χ2n) is 7.03. The number of carbonyl (C=O) groups excluding carboxylic acids is 1. The van der Waals surface area contributed by atoms with Gasteiger partial charge in [-0.15, -0.1) is 5.10 Å². The van der Waals surface area contributed by atoms with E-state index in [1.54, 1.807) is 15.6 Å². The smallest absolute Gasteiger partial charge is 0.410 e. The highest BCUT2D eigenvalue weighted by Gasteiger charge is 2.29. The van der Waals surface area contributed by atoms with Gasteiger partial charge in [-0.2, -0.15) is 0 Å². The van der Waals surface area contributed by atoms with E-state index in [2.05, 4.69) is 31.3 Å². The molecule has 24 heavy (non-hydrogen) atoms. The number of rotatable bonds is 3. The molecular weight excluding hydrogens is 374 g/mol. The minimum absolute atomic E-state index is 0.230. The third-order valence-electron chi connectivity index (χ3n) is 3.83. The first-order chi connectivity index (χ1) is 11.3. The van der Waals surface area contributed by atoms with E-state index in [1.807, 2.05) is 32.9 Å². The molecule has 2 aromatic rings. The molecule has 1 unspecified atom stereocenters. The van der Waals surface area contributed by atoms with Crippen LogP contribution in [0.4, 0.5) is 10.6 Å². The van der Waals surface area contributed by atoms with Gasteiger partial charge in [-0.1, -0.05) is 0 Å². The number of imidazole rings is 1. The Morgan fingerprint density at radius 3 is 3.00 bits per heavy atom. The molecule has 1 aliphatic heterocycles.